The van der Waals surface area contributed by atoms with Crippen LogP contribution in [0.5, 0.6) is 0 Å². The van der Waals surface area contributed by atoms with Crippen LogP contribution >= 0.6 is 0 Å². The highest BCUT2D eigenvalue weighted by Crippen LogP contribution is 2.30. The molecule has 0 amide bonds. The van der Waals surface area contributed by atoms with Crippen LogP contribution in [0.2, 0.25) is 0 Å². The molecule has 3 rings (SSSR count). The quantitative estimate of drug-likeness (QED) is 0.710. The van der Waals surface area contributed by atoms with Crippen LogP contribution in [-0.4, -0.2) is 34.3 Å². The van der Waals surface area contributed by atoms with E-state index in [1.165, 1.54) is 0 Å². The zero-order valence-corrected chi connectivity index (χ0v) is 12.4. The predicted octanol–water partition coefficient (Wildman–Crippen LogP) is 2.82. The molecule has 0 saturated carbocycles. The molecule has 0 radical (unpaired) electrons. The number of nitrogens with zero attached hydrogens (tertiary/aromatic N) is 1. The minimum absolute atomic E-state index is 0.0159. The number of aryl methyl sites for hydroxylation is 1. The van der Waals surface area contributed by atoms with Gasteiger partial charge in [0.15, 0.2) is 5.69 Å². The van der Waals surface area contributed by atoms with Crippen LogP contribution < -0.4 is 0 Å². The van der Waals surface area contributed by atoms with E-state index in [4.69, 9.17) is 9.84 Å². The molecule has 1 aromatic carbocycles. The monoisotopic (exact) mass is 298 g/mol. The molecule has 0 fully saturated rings. The lowest BCUT2D eigenvalue weighted by atomic mass is 10.0. The molecule has 2 heterocycles. The number of aliphatic hydroxyl groups is 1. The van der Waals surface area contributed by atoms with E-state index in [0.717, 1.165) is 40.2 Å². The standard InChI is InChI=1S/C17H18N2O3/c1-2-5-12-15-11-6-3-4-7-13(11)19-14(15)10-18-16(12)17(21)22-9-8-20/h3-4,6-7,10,19-20H,2,5,8-9H2,1H3. The molecule has 0 aliphatic heterocycles. The van der Waals surface area contributed by atoms with Gasteiger partial charge in [-0.2, -0.15) is 0 Å². The van der Waals surface area contributed by atoms with Crippen molar-refractivity contribution in [1.29, 1.82) is 0 Å². The lowest BCUT2D eigenvalue weighted by Gasteiger charge is -2.09. The Labute approximate surface area is 127 Å². The van der Waals surface area contributed by atoms with E-state index in [1.807, 2.05) is 24.3 Å². The third kappa shape index (κ3) is 2.44. The number of pyridine rings is 1. The second-order valence-corrected chi connectivity index (χ2v) is 5.15. The Hall–Kier alpha value is -2.40. The molecular formula is C17H18N2O3. The fourth-order valence-corrected chi connectivity index (χ4v) is 2.79. The van der Waals surface area contributed by atoms with E-state index in [-0.39, 0.29) is 13.2 Å². The fourth-order valence-electron chi connectivity index (χ4n) is 2.79. The summed E-state index contributed by atoms with van der Waals surface area (Å²) in [6, 6.07) is 8.00. The van der Waals surface area contributed by atoms with Gasteiger partial charge in [0.2, 0.25) is 0 Å². The van der Waals surface area contributed by atoms with E-state index < -0.39 is 5.97 Å². The maximum Gasteiger partial charge on any atom is 0.357 e. The van der Waals surface area contributed by atoms with Crippen LogP contribution in [0.15, 0.2) is 30.5 Å². The van der Waals surface area contributed by atoms with Crippen molar-refractivity contribution >= 4 is 27.8 Å². The van der Waals surface area contributed by atoms with Gasteiger partial charge in [-0.1, -0.05) is 31.5 Å². The lowest BCUT2D eigenvalue weighted by molar-refractivity contribution is 0.0426. The highest BCUT2D eigenvalue weighted by Gasteiger charge is 2.19. The summed E-state index contributed by atoms with van der Waals surface area (Å²) in [6.45, 7) is 1.86. The first-order valence-electron chi connectivity index (χ1n) is 7.42. The molecule has 5 heteroatoms. The Morgan fingerprint density at radius 1 is 1.32 bits per heavy atom. The van der Waals surface area contributed by atoms with Crippen molar-refractivity contribution in [3.63, 3.8) is 0 Å². The number of fused-ring (bicyclic) bond motifs is 3. The molecule has 3 aromatic rings. The Morgan fingerprint density at radius 3 is 2.91 bits per heavy atom. The number of aliphatic hydroxyl groups excluding tert-OH is 1. The molecule has 0 aliphatic carbocycles. The summed E-state index contributed by atoms with van der Waals surface area (Å²) in [7, 11) is 0. The molecule has 2 aromatic heterocycles. The van der Waals surface area contributed by atoms with Gasteiger partial charge in [-0.05, 0) is 18.1 Å². The summed E-state index contributed by atoms with van der Waals surface area (Å²) < 4.78 is 5.04. The van der Waals surface area contributed by atoms with Gasteiger partial charge in [-0.15, -0.1) is 0 Å². The molecule has 0 saturated heterocycles. The van der Waals surface area contributed by atoms with Gasteiger partial charge >= 0.3 is 5.97 Å². The predicted molar refractivity (Wildman–Crippen MR) is 85.0 cm³/mol. The van der Waals surface area contributed by atoms with E-state index >= 15 is 0 Å². The van der Waals surface area contributed by atoms with E-state index in [9.17, 15) is 4.79 Å². The van der Waals surface area contributed by atoms with Crippen molar-refractivity contribution < 1.29 is 14.6 Å². The Balaban J connectivity index is 2.22. The number of esters is 1. The second-order valence-electron chi connectivity index (χ2n) is 5.15. The highest BCUT2D eigenvalue weighted by molar-refractivity contribution is 6.11. The molecule has 2 N–H and O–H groups in total. The van der Waals surface area contributed by atoms with Crippen molar-refractivity contribution in [1.82, 2.24) is 9.97 Å². The number of para-hydroxylation sites is 1. The van der Waals surface area contributed by atoms with Crippen LogP contribution in [0.4, 0.5) is 0 Å². The number of benzene rings is 1. The molecule has 5 nitrogen and oxygen atoms in total. The number of hydrogen-bond acceptors (Lipinski definition) is 4. The number of nitrogens with one attached hydrogen (secondary N) is 1. The molecule has 0 spiro atoms. The van der Waals surface area contributed by atoms with Crippen molar-refractivity contribution in [3.05, 3.63) is 41.7 Å². The third-order valence-electron chi connectivity index (χ3n) is 3.66. The number of carbonyl (C=O) groups excluding carboxylic acids is 1. The fraction of sp³-hybridized carbons (Fsp3) is 0.294. The van der Waals surface area contributed by atoms with Crippen molar-refractivity contribution in [2.75, 3.05) is 13.2 Å². The van der Waals surface area contributed by atoms with E-state index in [2.05, 4.69) is 16.9 Å². The SMILES string of the molecule is CCCc1c(C(=O)OCCO)ncc2[nH]c3ccccc3c12. The third-order valence-corrected chi connectivity index (χ3v) is 3.66. The normalized spacial score (nSPS) is 11.2. The van der Waals surface area contributed by atoms with Gasteiger partial charge in [-0.25, -0.2) is 9.78 Å². The van der Waals surface area contributed by atoms with Gasteiger partial charge < -0.3 is 14.8 Å². The number of H-pyrrole nitrogens is 1. The maximum absolute atomic E-state index is 12.2. The van der Waals surface area contributed by atoms with Crippen LogP contribution in [0, 0.1) is 0 Å². The minimum atomic E-state index is -0.482. The van der Waals surface area contributed by atoms with Gasteiger partial charge in [0.25, 0.3) is 0 Å². The zero-order valence-electron chi connectivity index (χ0n) is 12.4. The summed E-state index contributed by atoms with van der Waals surface area (Å²) in [4.78, 5) is 19.8. The van der Waals surface area contributed by atoms with Crippen LogP contribution in [0.1, 0.15) is 29.4 Å². The molecule has 0 unspecified atom stereocenters. The average Bonchev–Trinajstić information content (AvgIpc) is 2.92. The van der Waals surface area contributed by atoms with Crippen LogP contribution in [0.3, 0.4) is 0 Å². The van der Waals surface area contributed by atoms with Gasteiger partial charge in [0.1, 0.15) is 6.61 Å². The van der Waals surface area contributed by atoms with Crippen molar-refractivity contribution in [2.24, 2.45) is 0 Å². The van der Waals surface area contributed by atoms with Crippen molar-refractivity contribution in [3.8, 4) is 0 Å². The summed E-state index contributed by atoms with van der Waals surface area (Å²) in [5.74, 6) is -0.482. The summed E-state index contributed by atoms with van der Waals surface area (Å²) in [5.41, 5.74) is 3.19. The molecule has 0 bridgehead atoms. The average molecular weight is 298 g/mol. The number of rotatable bonds is 5. The first-order valence-corrected chi connectivity index (χ1v) is 7.42. The van der Waals surface area contributed by atoms with Crippen LogP contribution in [0.25, 0.3) is 21.8 Å². The number of carbonyl (C=O) groups is 1. The summed E-state index contributed by atoms with van der Waals surface area (Å²) in [6.07, 6.45) is 3.32. The topological polar surface area (TPSA) is 75.2 Å². The van der Waals surface area contributed by atoms with Gasteiger partial charge in [0, 0.05) is 16.3 Å². The molecule has 0 atom stereocenters. The Morgan fingerprint density at radius 2 is 2.14 bits per heavy atom. The van der Waals surface area contributed by atoms with E-state index in [0.29, 0.717) is 5.69 Å². The summed E-state index contributed by atoms with van der Waals surface area (Å²) in [5, 5.41) is 10.9. The van der Waals surface area contributed by atoms with Gasteiger partial charge in [-0.3, -0.25) is 0 Å². The summed E-state index contributed by atoms with van der Waals surface area (Å²) >= 11 is 0. The zero-order chi connectivity index (χ0) is 15.5. The second kappa shape index (κ2) is 6.15. The lowest BCUT2D eigenvalue weighted by Crippen LogP contribution is -2.13. The number of hydrogen-bond donors (Lipinski definition) is 2. The number of ether oxygens (including phenoxy) is 1. The molecule has 22 heavy (non-hydrogen) atoms. The smallest absolute Gasteiger partial charge is 0.357 e. The molecule has 0 aliphatic rings. The Bertz CT molecular complexity index is 823. The number of aromatic amines is 1. The molecular weight excluding hydrogens is 280 g/mol. The molecule has 114 valence electrons. The van der Waals surface area contributed by atoms with Crippen LogP contribution in [-0.2, 0) is 11.2 Å². The van der Waals surface area contributed by atoms with E-state index in [1.54, 1.807) is 6.20 Å². The number of aromatic nitrogens is 2. The first-order chi connectivity index (χ1) is 10.8. The first kappa shape index (κ1) is 14.5. The van der Waals surface area contributed by atoms with Gasteiger partial charge in [0.05, 0.1) is 18.3 Å². The maximum atomic E-state index is 12.2. The highest BCUT2D eigenvalue weighted by atomic mass is 16.5. The largest absolute Gasteiger partial charge is 0.459 e. The Kier molecular flexibility index (Phi) is 4.06. The minimum Gasteiger partial charge on any atom is -0.459 e. The van der Waals surface area contributed by atoms with Crippen molar-refractivity contribution in [2.45, 2.75) is 19.8 Å².